The Kier molecular flexibility index (Phi) is 1.58. The summed E-state index contributed by atoms with van der Waals surface area (Å²) in [6, 6.07) is 0. The van der Waals surface area contributed by atoms with Crippen molar-refractivity contribution in [1.82, 2.24) is 0 Å². The molecular weight excluding hydrogens is 116 g/mol. The van der Waals surface area contributed by atoms with E-state index in [0.717, 1.165) is 5.57 Å². The van der Waals surface area contributed by atoms with Crippen molar-refractivity contribution >= 4 is 0 Å². The van der Waals surface area contributed by atoms with Crippen LogP contribution >= 0.6 is 0 Å². The third-order valence-electron chi connectivity index (χ3n) is 1.40. The van der Waals surface area contributed by atoms with Gasteiger partial charge in [-0.2, -0.15) is 0 Å². The normalized spacial score (nSPS) is 27.1. The molecule has 2 heteroatoms. The molecule has 0 saturated carbocycles. The van der Waals surface area contributed by atoms with Gasteiger partial charge in [0, 0.05) is 6.42 Å². The lowest BCUT2D eigenvalue weighted by Gasteiger charge is -2.12. The number of allylic oxidation sites excluding steroid dienone is 2. The molecule has 9 heavy (non-hydrogen) atoms. The van der Waals surface area contributed by atoms with Crippen LogP contribution in [0.25, 0.3) is 0 Å². The highest BCUT2D eigenvalue weighted by Crippen LogP contribution is 2.15. The maximum absolute atomic E-state index is 8.99. The van der Waals surface area contributed by atoms with E-state index in [1.54, 1.807) is 0 Å². The van der Waals surface area contributed by atoms with Gasteiger partial charge < -0.3 is 10.2 Å². The van der Waals surface area contributed by atoms with Gasteiger partial charge in [-0.3, -0.25) is 0 Å². The Bertz CT molecular complexity index is 168. The summed E-state index contributed by atoms with van der Waals surface area (Å²) in [6.07, 6.45) is 3.23. The highest BCUT2D eigenvalue weighted by atomic mass is 16.3. The van der Waals surface area contributed by atoms with Gasteiger partial charge in [0.05, 0.1) is 0 Å². The van der Waals surface area contributed by atoms with Crippen LogP contribution in [0.15, 0.2) is 23.5 Å². The Hall–Kier alpha value is -0.760. The first-order valence-electron chi connectivity index (χ1n) is 2.94. The number of rotatable bonds is 0. The SMILES string of the molecule is CC1=CC=C(O)C(O)C1. The summed E-state index contributed by atoms with van der Waals surface area (Å²) in [5, 5.41) is 17.9. The number of aliphatic hydroxyl groups is 2. The molecule has 0 bridgehead atoms. The summed E-state index contributed by atoms with van der Waals surface area (Å²) in [6.45, 7) is 1.92. The van der Waals surface area contributed by atoms with Crippen LogP contribution in [0, 0.1) is 0 Å². The quantitative estimate of drug-likeness (QED) is 0.511. The molecule has 0 fully saturated rings. The fraction of sp³-hybridized carbons (Fsp3) is 0.429. The smallest absolute Gasteiger partial charge is 0.121 e. The van der Waals surface area contributed by atoms with Gasteiger partial charge in [-0.1, -0.05) is 11.6 Å². The molecule has 1 aliphatic carbocycles. The molecule has 1 atom stereocenters. The molecule has 0 aromatic carbocycles. The minimum Gasteiger partial charge on any atom is -0.510 e. The average Bonchev–Trinajstić information content (AvgIpc) is 1.80. The topological polar surface area (TPSA) is 40.5 Å². The number of aliphatic hydroxyl groups excluding tert-OH is 2. The third-order valence-corrected chi connectivity index (χ3v) is 1.40. The minimum atomic E-state index is -0.671. The number of hydrogen-bond acceptors (Lipinski definition) is 2. The van der Waals surface area contributed by atoms with Crippen LogP contribution in [0.5, 0.6) is 0 Å². The lowest BCUT2D eigenvalue weighted by molar-refractivity contribution is 0.151. The molecular formula is C7H10O2. The molecule has 1 aliphatic rings. The Labute approximate surface area is 54.1 Å². The third kappa shape index (κ3) is 1.33. The predicted octanol–water partition coefficient (Wildman–Crippen LogP) is 1.14. The standard InChI is InChI=1S/C7H10O2/c1-5-2-3-6(8)7(9)4-5/h2-3,7-9H,4H2,1H3. The van der Waals surface area contributed by atoms with Crippen molar-refractivity contribution in [1.29, 1.82) is 0 Å². The molecule has 0 heterocycles. The summed E-state index contributed by atoms with van der Waals surface area (Å²) in [7, 11) is 0. The van der Waals surface area contributed by atoms with Crippen LogP contribution in [0.1, 0.15) is 13.3 Å². The average molecular weight is 126 g/mol. The summed E-state index contributed by atoms with van der Waals surface area (Å²) >= 11 is 0. The fourth-order valence-electron chi connectivity index (χ4n) is 0.816. The van der Waals surface area contributed by atoms with E-state index < -0.39 is 6.10 Å². The van der Waals surface area contributed by atoms with E-state index in [2.05, 4.69) is 0 Å². The van der Waals surface area contributed by atoms with E-state index >= 15 is 0 Å². The Balaban J connectivity index is 2.74. The molecule has 0 aliphatic heterocycles. The van der Waals surface area contributed by atoms with Crippen molar-refractivity contribution in [3.8, 4) is 0 Å². The maximum Gasteiger partial charge on any atom is 0.121 e. The van der Waals surface area contributed by atoms with Crippen molar-refractivity contribution in [2.45, 2.75) is 19.4 Å². The molecule has 0 spiro atoms. The van der Waals surface area contributed by atoms with Gasteiger partial charge in [-0.15, -0.1) is 0 Å². The molecule has 2 N–H and O–H groups in total. The van der Waals surface area contributed by atoms with E-state index in [9.17, 15) is 0 Å². The Morgan fingerprint density at radius 2 is 2.22 bits per heavy atom. The predicted molar refractivity (Wildman–Crippen MR) is 35.1 cm³/mol. The molecule has 50 valence electrons. The van der Waals surface area contributed by atoms with Gasteiger partial charge in [-0.25, -0.2) is 0 Å². The fourth-order valence-corrected chi connectivity index (χ4v) is 0.816. The van der Waals surface area contributed by atoms with Crippen LogP contribution in [0.4, 0.5) is 0 Å². The van der Waals surface area contributed by atoms with Crippen LogP contribution < -0.4 is 0 Å². The summed E-state index contributed by atoms with van der Waals surface area (Å²) in [4.78, 5) is 0. The van der Waals surface area contributed by atoms with Crippen LogP contribution in [0.2, 0.25) is 0 Å². The van der Waals surface area contributed by atoms with Crippen molar-refractivity contribution < 1.29 is 10.2 Å². The van der Waals surface area contributed by atoms with Crippen molar-refractivity contribution in [3.05, 3.63) is 23.5 Å². The van der Waals surface area contributed by atoms with Gasteiger partial charge >= 0.3 is 0 Å². The van der Waals surface area contributed by atoms with E-state index in [1.165, 1.54) is 6.08 Å². The van der Waals surface area contributed by atoms with Crippen LogP contribution in [-0.4, -0.2) is 16.3 Å². The molecule has 1 unspecified atom stereocenters. The molecule has 0 amide bonds. The monoisotopic (exact) mass is 126 g/mol. The second-order valence-corrected chi connectivity index (χ2v) is 2.32. The molecule has 2 nitrogen and oxygen atoms in total. The maximum atomic E-state index is 8.99. The van der Waals surface area contributed by atoms with Gasteiger partial charge in [0.15, 0.2) is 0 Å². The lowest BCUT2D eigenvalue weighted by Crippen LogP contribution is -2.12. The highest BCUT2D eigenvalue weighted by Gasteiger charge is 2.12. The largest absolute Gasteiger partial charge is 0.510 e. The van der Waals surface area contributed by atoms with E-state index in [0.29, 0.717) is 6.42 Å². The van der Waals surface area contributed by atoms with Crippen LogP contribution in [-0.2, 0) is 0 Å². The zero-order chi connectivity index (χ0) is 6.85. The van der Waals surface area contributed by atoms with Crippen LogP contribution in [0.3, 0.4) is 0 Å². The van der Waals surface area contributed by atoms with Crippen molar-refractivity contribution in [2.75, 3.05) is 0 Å². The van der Waals surface area contributed by atoms with E-state index in [-0.39, 0.29) is 5.76 Å². The first-order chi connectivity index (χ1) is 4.20. The van der Waals surface area contributed by atoms with E-state index in [1.807, 2.05) is 13.0 Å². The zero-order valence-corrected chi connectivity index (χ0v) is 5.33. The van der Waals surface area contributed by atoms with Crippen molar-refractivity contribution in [2.24, 2.45) is 0 Å². The first-order valence-corrected chi connectivity index (χ1v) is 2.94. The zero-order valence-electron chi connectivity index (χ0n) is 5.33. The van der Waals surface area contributed by atoms with Gasteiger partial charge in [0.25, 0.3) is 0 Å². The van der Waals surface area contributed by atoms with E-state index in [4.69, 9.17) is 10.2 Å². The molecule has 0 aromatic heterocycles. The first kappa shape index (κ1) is 6.36. The van der Waals surface area contributed by atoms with Crippen molar-refractivity contribution in [3.63, 3.8) is 0 Å². The summed E-state index contributed by atoms with van der Waals surface area (Å²) in [5.74, 6) is 0.0700. The lowest BCUT2D eigenvalue weighted by atomic mass is 10.0. The molecule has 0 radical (unpaired) electrons. The second kappa shape index (κ2) is 2.23. The highest BCUT2D eigenvalue weighted by molar-refractivity contribution is 5.22. The summed E-state index contributed by atoms with van der Waals surface area (Å²) in [5.41, 5.74) is 1.10. The second-order valence-electron chi connectivity index (χ2n) is 2.32. The molecule has 0 aromatic rings. The minimum absolute atomic E-state index is 0.0700. The molecule has 1 rings (SSSR count). The van der Waals surface area contributed by atoms with Gasteiger partial charge in [0.1, 0.15) is 11.9 Å². The molecule has 0 saturated heterocycles. The number of hydrogen-bond donors (Lipinski definition) is 2. The Morgan fingerprint density at radius 3 is 2.67 bits per heavy atom. The van der Waals surface area contributed by atoms with Gasteiger partial charge in [-0.05, 0) is 13.0 Å². The Morgan fingerprint density at radius 1 is 1.56 bits per heavy atom. The van der Waals surface area contributed by atoms with Gasteiger partial charge in [0.2, 0.25) is 0 Å². The summed E-state index contributed by atoms with van der Waals surface area (Å²) < 4.78 is 0.